The molecule has 124 valence electrons. The number of nitrogens with one attached hydrogen (secondary N) is 1. The van der Waals surface area contributed by atoms with Gasteiger partial charge >= 0.3 is 0 Å². The molecule has 2 aliphatic rings. The molecule has 0 bridgehead atoms. The Bertz CT molecular complexity index is 307. The van der Waals surface area contributed by atoms with Gasteiger partial charge in [0.1, 0.15) is 0 Å². The van der Waals surface area contributed by atoms with Gasteiger partial charge in [-0.3, -0.25) is 4.90 Å². The second kappa shape index (κ2) is 7.91. The standard InChI is InChI=1S/C17H34N2O2/c1-14(2)18-17(13-20)9-4-5-15(17)8-10-19(11-12-21-3)16-6-7-16/h14-16,18,20H,4-13H2,1-3H3. The van der Waals surface area contributed by atoms with E-state index in [2.05, 4.69) is 24.1 Å². The van der Waals surface area contributed by atoms with Gasteiger partial charge in [-0.2, -0.15) is 0 Å². The molecule has 2 fully saturated rings. The minimum atomic E-state index is -0.0371. The molecule has 2 N–H and O–H groups in total. The summed E-state index contributed by atoms with van der Waals surface area (Å²) in [5.74, 6) is 0.605. The van der Waals surface area contributed by atoms with Gasteiger partial charge in [0.2, 0.25) is 0 Å². The fraction of sp³-hybridized carbons (Fsp3) is 1.00. The predicted octanol–water partition coefficient (Wildman–Crippen LogP) is 2.02. The van der Waals surface area contributed by atoms with Crippen LogP contribution in [-0.2, 0) is 4.74 Å². The van der Waals surface area contributed by atoms with Gasteiger partial charge in [-0.1, -0.05) is 20.3 Å². The molecule has 2 aliphatic carbocycles. The summed E-state index contributed by atoms with van der Waals surface area (Å²) in [5, 5.41) is 13.6. The van der Waals surface area contributed by atoms with Crippen molar-refractivity contribution in [1.29, 1.82) is 0 Å². The van der Waals surface area contributed by atoms with Crippen molar-refractivity contribution in [2.45, 2.75) is 70.0 Å². The van der Waals surface area contributed by atoms with Crippen molar-refractivity contribution < 1.29 is 9.84 Å². The molecule has 2 unspecified atom stereocenters. The lowest BCUT2D eigenvalue weighted by molar-refractivity contribution is 0.0953. The van der Waals surface area contributed by atoms with Gasteiger partial charge in [0.25, 0.3) is 0 Å². The fourth-order valence-corrected chi connectivity index (χ4v) is 4.03. The maximum atomic E-state index is 9.97. The maximum Gasteiger partial charge on any atom is 0.0616 e. The number of hydrogen-bond acceptors (Lipinski definition) is 4. The van der Waals surface area contributed by atoms with Crippen LogP contribution in [0.25, 0.3) is 0 Å². The van der Waals surface area contributed by atoms with Gasteiger partial charge in [0, 0.05) is 31.3 Å². The quantitative estimate of drug-likeness (QED) is 0.648. The third-order valence-electron chi connectivity index (χ3n) is 5.23. The molecule has 4 nitrogen and oxygen atoms in total. The molecule has 21 heavy (non-hydrogen) atoms. The summed E-state index contributed by atoms with van der Waals surface area (Å²) in [6.45, 7) is 7.68. The van der Waals surface area contributed by atoms with Gasteiger partial charge in [0.15, 0.2) is 0 Å². The van der Waals surface area contributed by atoms with E-state index in [0.29, 0.717) is 12.0 Å². The van der Waals surface area contributed by atoms with Gasteiger partial charge in [-0.25, -0.2) is 0 Å². The summed E-state index contributed by atoms with van der Waals surface area (Å²) in [6.07, 6.45) is 7.51. The number of ether oxygens (including phenoxy) is 1. The Morgan fingerprint density at radius 1 is 1.29 bits per heavy atom. The molecule has 2 rings (SSSR count). The molecule has 2 saturated carbocycles. The molecular weight excluding hydrogens is 264 g/mol. The number of rotatable bonds is 10. The number of hydrogen-bond donors (Lipinski definition) is 2. The lowest BCUT2D eigenvalue weighted by atomic mass is 9.84. The zero-order valence-corrected chi connectivity index (χ0v) is 14.1. The summed E-state index contributed by atoms with van der Waals surface area (Å²) in [4.78, 5) is 2.60. The summed E-state index contributed by atoms with van der Waals surface area (Å²) in [6, 6.07) is 1.23. The van der Waals surface area contributed by atoms with Gasteiger partial charge in [-0.05, 0) is 44.6 Å². The van der Waals surface area contributed by atoms with Crippen LogP contribution < -0.4 is 5.32 Å². The second-order valence-corrected chi connectivity index (χ2v) is 7.25. The zero-order valence-electron chi connectivity index (χ0n) is 14.1. The van der Waals surface area contributed by atoms with Crippen LogP contribution in [0.2, 0.25) is 0 Å². The van der Waals surface area contributed by atoms with E-state index in [9.17, 15) is 5.11 Å². The summed E-state index contributed by atoms with van der Waals surface area (Å²) >= 11 is 0. The van der Waals surface area contributed by atoms with Gasteiger partial charge < -0.3 is 15.2 Å². The molecule has 0 aliphatic heterocycles. The van der Waals surface area contributed by atoms with Crippen LogP contribution in [-0.4, -0.2) is 61.0 Å². The Labute approximate surface area is 130 Å². The molecule has 0 heterocycles. The molecule has 0 spiro atoms. The highest BCUT2D eigenvalue weighted by Gasteiger charge is 2.42. The molecule has 0 radical (unpaired) electrons. The third kappa shape index (κ3) is 4.65. The van der Waals surface area contributed by atoms with E-state index >= 15 is 0 Å². The Morgan fingerprint density at radius 3 is 2.62 bits per heavy atom. The number of nitrogens with zero attached hydrogens (tertiary/aromatic N) is 1. The third-order valence-corrected chi connectivity index (χ3v) is 5.23. The van der Waals surface area contributed by atoms with Crippen LogP contribution in [0.1, 0.15) is 52.4 Å². The molecule has 2 atom stereocenters. The normalized spacial score (nSPS) is 29.7. The van der Waals surface area contributed by atoms with Crippen molar-refractivity contribution in [2.24, 2.45) is 5.92 Å². The molecule has 0 aromatic carbocycles. The van der Waals surface area contributed by atoms with E-state index < -0.39 is 0 Å². The van der Waals surface area contributed by atoms with E-state index in [1.54, 1.807) is 7.11 Å². The van der Waals surface area contributed by atoms with Crippen LogP contribution in [0.3, 0.4) is 0 Å². The van der Waals surface area contributed by atoms with E-state index in [-0.39, 0.29) is 12.1 Å². The van der Waals surface area contributed by atoms with E-state index in [0.717, 1.165) is 32.2 Å². The van der Waals surface area contributed by atoms with E-state index in [4.69, 9.17) is 4.74 Å². The summed E-state index contributed by atoms with van der Waals surface area (Å²) in [5.41, 5.74) is -0.0371. The molecule has 0 aromatic rings. The van der Waals surface area contributed by atoms with Crippen molar-refractivity contribution in [2.75, 3.05) is 33.4 Å². The number of aliphatic hydroxyl groups is 1. The first-order valence-corrected chi connectivity index (χ1v) is 8.73. The van der Waals surface area contributed by atoms with E-state index in [1.807, 2.05) is 0 Å². The zero-order chi connectivity index (χ0) is 15.3. The first kappa shape index (κ1) is 17.2. The average Bonchev–Trinajstić information content (AvgIpc) is 3.22. The highest BCUT2D eigenvalue weighted by molar-refractivity contribution is 5.00. The molecule has 0 amide bonds. The van der Waals surface area contributed by atoms with Crippen LogP contribution in [0.4, 0.5) is 0 Å². The number of methoxy groups -OCH3 is 1. The monoisotopic (exact) mass is 298 g/mol. The van der Waals surface area contributed by atoms with Crippen molar-refractivity contribution in [1.82, 2.24) is 10.2 Å². The topological polar surface area (TPSA) is 44.7 Å². The highest BCUT2D eigenvalue weighted by Crippen LogP contribution is 2.39. The van der Waals surface area contributed by atoms with Gasteiger partial charge in [-0.15, -0.1) is 0 Å². The Kier molecular flexibility index (Phi) is 6.48. The maximum absolute atomic E-state index is 9.97. The first-order chi connectivity index (χ1) is 10.1. The molecule has 4 heteroatoms. The average molecular weight is 298 g/mol. The molecule has 0 aromatic heterocycles. The summed E-state index contributed by atoms with van der Waals surface area (Å²) in [7, 11) is 1.78. The Balaban J connectivity index is 1.87. The smallest absolute Gasteiger partial charge is 0.0616 e. The SMILES string of the molecule is COCCN(CCC1CCCC1(CO)NC(C)C)C1CC1. The minimum Gasteiger partial charge on any atom is -0.394 e. The van der Waals surface area contributed by atoms with Crippen molar-refractivity contribution in [3.05, 3.63) is 0 Å². The lowest BCUT2D eigenvalue weighted by Gasteiger charge is -2.38. The van der Waals surface area contributed by atoms with E-state index in [1.165, 1.54) is 32.1 Å². The van der Waals surface area contributed by atoms with Gasteiger partial charge in [0.05, 0.1) is 13.2 Å². The highest BCUT2D eigenvalue weighted by atomic mass is 16.5. The largest absolute Gasteiger partial charge is 0.394 e. The Hall–Kier alpha value is -0.160. The van der Waals surface area contributed by atoms with Crippen LogP contribution in [0.15, 0.2) is 0 Å². The molecule has 0 saturated heterocycles. The Morgan fingerprint density at radius 2 is 2.05 bits per heavy atom. The number of aliphatic hydroxyl groups excluding tert-OH is 1. The predicted molar refractivity (Wildman–Crippen MR) is 86.5 cm³/mol. The minimum absolute atomic E-state index is 0.0371. The lowest BCUT2D eigenvalue weighted by Crippen LogP contribution is -2.54. The molecular formula is C17H34N2O2. The second-order valence-electron chi connectivity index (χ2n) is 7.25. The van der Waals surface area contributed by atoms with Crippen LogP contribution >= 0.6 is 0 Å². The fourth-order valence-electron chi connectivity index (χ4n) is 4.03. The first-order valence-electron chi connectivity index (χ1n) is 8.73. The van der Waals surface area contributed by atoms with Crippen LogP contribution in [0, 0.1) is 5.92 Å². The summed E-state index contributed by atoms with van der Waals surface area (Å²) < 4.78 is 5.24. The van der Waals surface area contributed by atoms with Crippen molar-refractivity contribution in [3.8, 4) is 0 Å². The van der Waals surface area contributed by atoms with Crippen molar-refractivity contribution >= 4 is 0 Å². The van der Waals surface area contributed by atoms with Crippen LogP contribution in [0.5, 0.6) is 0 Å². The van der Waals surface area contributed by atoms with Crippen molar-refractivity contribution in [3.63, 3.8) is 0 Å².